The molecule has 0 heterocycles. The summed E-state index contributed by atoms with van der Waals surface area (Å²) in [5.41, 5.74) is 0. The van der Waals surface area contributed by atoms with Crippen LogP contribution in [0.1, 0.15) is 156 Å². The quantitative estimate of drug-likeness (QED) is 0.0580. The number of carbonyl (C=O) groups is 2. The molecule has 0 aromatic carbocycles. The molecule has 0 spiro atoms. The zero-order valence-electron chi connectivity index (χ0n) is 24.2. The molecule has 0 fully saturated rings. The summed E-state index contributed by atoms with van der Waals surface area (Å²) in [5, 5.41) is -0.564. The van der Waals surface area contributed by atoms with E-state index in [-0.39, 0.29) is 22.4 Å². The van der Waals surface area contributed by atoms with Crippen LogP contribution in [-0.2, 0) is 19.1 Å². The largest absolute Gasteiger partial charge is 0.465 e. The van der Waals surface area contributed by atoms with Gasteiger partial charge in [-0.3, -0.25) is 9.59 Å². The molecule has 0 aliphatic rings. The molecule has 2 unspecified atom stereocenters. The molecule has 0 saturated heterocycles. The van der Waals surface area contributed by atoms with Crippen molar-refractivity contribution in [2.45, 2.75) is 167 Å². The second kappa shape index (κ2) is 27.7. The van der Waals surface area contributed by atoms with Crippen molar-refractivity contribution in [3.05, 3.63) is 0 Å². The number of ether oxygens (including phenoxy) is 2. The van der Waals surface area contributed by atoms with Gasteiger partial charge in [0.05, 0.1) is 13.2 Å². The van der Waals surface area contributed by atoms with Gasteiger partial charge in [0.25, 0.3) is 0 Å². The lowest BCUT2D eigenvalue weighted by Gasteiger charge is -2.14. The fraction of sp³-hybridized carbons (Fsp3) is 0.933. The van der Waals surface area contributed by atoms with Gasteiger partial charge in [-0.25, -0.2) is 0 Å². The monoisotopic (exact) mass is 546 g/mol. The predicted molar refractivity (Wildman–Crippen MR) is 160 cm³/mol. The first-order chi connectivity index (χ1) is 17.5. The molecule has 0 aliphatic heterocycles. The maximum Gasteiger partial charge on any atom is 0.319 e. The van der Waals surface area contributed by atoms with Crippen molar-refractivity contribution >= 4 is 33.5 Å². The van der Waals surface area contributed by atoms with Gasteiger partial charge in [-0.2, -0.15) is 0 Å². The van der Waals surface area contributed by atoms with Crippen LogP contribution in [0, 0.1) is 0 Å². The fourth-order valence-electron chi connectivity index (χ4n) is 4.00. The van der Waals surface area contributed by atoms with Gasteiger partial charge >= 0.3 is 11.9 Å². The van der Waals surface area contributed by atoms with Crippen molar-refractivity contribution in [1.82, 2.24) is 0 Å². The molecule has 0 saturated carbocycles. The number of hydrogen-bond acceptors (Lipinski definition) is 6. The molecule has 214 valence electrons. The molecule has 36 heavy (non-hydrogen) atoms. The van der Waals surface area contributed by atoms with Crippen molar-refractivity contribution in [3.63, 3.8) is 0 Å². The van der Waals surface area contributed by atoms with Crippen LogP contribution in [0.5, 0.6) is 0 Å². The standard InChI is InChI=1S/C30H58O4S2/c1-5-7-9-11-13-15-17-19-21-23-25-33-29(31)27(3)35-36-28(4)30(32)34-26-24-22-20-18-16-14-12-10-8-6-2/h27-28H,5-26H2,1-4H3. The summed E-state index contributed by atoms with van der Waals surface area (Å²) in [6.07, 6.45) is 25.3. The Hall–Kier alpha value is -0.360. The summed E-state index contributed by atoms with van der Waals surface area (Å²) >= 11 is 0. The first-order valence-corrected chi connectivity index (χ1v) is 17.5. The van der Waals surface area contributed by atoms with Gasteiger partial charge in [0, 0.05) is 0 Å². The molecule has 2 atom stereocenters. The summed E-state index contributed by atoms with van der Waals surface area (Å²) in [4.78, 5) is 24.4. The van der Waals surface area contributed by atoms with Crippen LogP contribution < -0.4 is 0 Å². The van der Waals surface area contributed by atoms with E-state index in [1.165, 1.54) is 124 Å². The summed E-state index contributed by atoms with van der Waals surface area (Å²) in [5.74, 6) is -0.372. The number of hydrogen-bond donors (Lipinski definition) is 0. The van der Waals surface area contributed by atoms with E-state index in [1.54, 1.807) is 0 Å². The first-order valence-electron chi connectivity index (χ1n) is 15.2. The van der Waals surface area contributed by atoms with Crippen LogP contribution in [0.4, 0.5) is 0 Å². The van der Waals surface area contributed by atoms with Crippen LogP contribution >= 0.6 is 21.6 Å². The number of esters is 2. The van der Waals surface area contributed by atoms with Gasteiger partial charge in [-0.1, -0.05) is 151 Å². The summed E-state index contributed by atoms with van der Waals surface area (Å²) < 4.78 is 10.8. The predicted octanol–water partition coefficient (Wildman–Crippen LogP) is 10.1. The third-order valence-electron chi connectivity index (χ3n) is 6.49. The highest BCUT2D eigenvalue weighted by Gasteiger charge is 2.21. The Kier molecular flexibility index (Phi) is 27.4. The molecule has 0 amide bonds. The summed E-state index contributed by atoms with van der Waals surface area (Å²) in [6, 6.07) is 0. The Bertz CT molecular complexity index is 457. The smallest absolute Gasteiger partial charge is 0.319 e. The lowest BCUT2D eigenvalue weighted by atomic mass is 10.1. The SMILES string of the molecule is CCCCCCCCCCCCOC(=O)C(C)SSC(C)C(=O)OCCCCCCCCCCCC. The van der Waals surface area contributed by atoms with Crippen LogP contribution in [0.2, 0.25) is 0 Å². The average molecular weight is 547 g/mol. The zero-order chi connectivity index (χ0) is 26.7. The molecule has 0 aliphatic carbocycles. The van der Waals surface area contributed by atoms with E-state index in [1.807, 2.05) is 13.8 Å². The highest BCUT2D eigenvalue weighted by molar-refractivity contribution is 8.77. The van der Waals surface area contributed by atoms with Crippen LogP contribution in [0.25, 0.3) is 0 Å². The van der Waals surface area contributed by atoms with Gasteiger partial charge in [0.15, 0.2) is 0 Å². The molecule has 0 bridgehead atoms. The molecule has 4 nitrogen and oxygen atoms in total. The van der Waals surface area contributed by atoms with Gasteiger partial charge in [-0.15, -0.1) is 0 Å². The minimum absolute atomic E-state index is 0.186. The fourth-order valence-corrected chi connectivity index (χ4v) is 6.10. The Morgan fingerprint density at radius 3 is 1.00 bits per heavy atom. The normalized spacial score (nSPS) is 12.9. The Morgan fingerprint density at radius 2 is 0.722 bits per heavy atom. The maximum atomic E-state index is 12.2. The van der Waals surface area contributed by atoms with Crippen LogP contribution in [0.15, 0.2) is 0 Å². The van der Waals surface area contributed by atoms with Crippen molar-refractivity contribution in [2.24, 2.45) is 0 Å². The Morgan fingerprint density at radius 1 is 0.472 bits per heavy atom. The maximum absolute atomic E-state index is 12.2. The molecular weight excluding hydrogens is 488 g/mol. The molecular formula is C30H58O4S2. The van der Waals surface area contributed by atoms with E-state index in [0.29, 0.717) is 13.2 Å². The highest BCUT2D eigenvalue weighted by atomic mass is 33.1. The number of unbranched alkanes of at least 4 members (excludes halogenated alkanes) is 18. The zero-order valence-corrected chi connectivity index (χ0v) is 25.8. The second-order valence-corrected chi connectivity index (χ2v) is 13.1. The third kappa shape index (κ3) is 24.0. The van der Waals surface area contributed by atoms with Gasteiger partial charge in [-0.05, 0) is 26.7 Å². The first kappa shape index (κ1) is 35.6. The molecule has 0 radical (unpaired) electrons. The highest BCUT2D eigenvalue weighted by Crippen LogP contribution is 2.32. The minimum Gasteiger partial charge on any atom is -0.465 e. The number of carbonyl (C=O) groups excluding carboxylic acids is 2. The molecule has 0 rings (SSSR count). The molecule has 6 heteroatoms. The summed E-state index contributed by atoms with van der Waals surface area (Å²) in [6.45, 7) is 9.20. The van der Waals surface area contributed by atoms with E-state index in [0.717, 1.165) is 25.7 Å². The summed E-state index contributed by atoms with van der Waals surface area (Å²) in [7, 11) is 2.81. The minimum atomic E-state index is -0.282. The van der Waals surface area contributed by atoms with Crippen molar-refractivity contribution < 1.29 is 19.1 Å². The van der Waals surface area contributed by atoms with Crippen molar-refractivity contribution in [2.75, 3.05) is 13.2 Å². The van der Waals surface area contributed by atoms with E-state index in [9.17, 15) is 9.59 Å². The molecule has 0 aromatic rings. The van der Waals surface area contributed by atoms with Gasteiger partial charge in [0.1, 0.15) is 10.5 Å². The Labute approximate surface area is 232 Å². The van der Waals surface area contributed by atoms with Crippen molar-refractivity contribution in [3.8, 4) is 0 Å². The second-order valence-electron chi connectivity index (χ2n) is 10.2. The topological polar surface area (TPSA) is 52.6 Å². The van der Waals surface area contributed by atoms with E-state index in [4.69, 9.17) is 9.47 Å². The lowest BCUT2D eigenvalue weighted by Crippen LogP contribution is -2.20. The molecule has 0 aromatic heterocycles. The Balaban J connectivity index is 3.58. The average Bonchev–Trinajstić information content (AvgIpc) is 2.88. The van der Waals surface area contributed by atoms with E-state index < -0.39 is 0 Å². The van der Waals surface area contributed by atoms with Crippen LogP contribution in [-0.4, -0.2) is 35.7 Å². The van der Waals surface area contributed by atoms with E-state index >= 15 is 0 Å². The van der Waals surface area contributed by atoms with Gasteiger partial charge in [0.2, 0.25) is 0 Å². The lowest BCUT2D eigenvalue weighted by molar-refractivity contribution is -0.143. The van der Waals surface area contributed by atoms with Gasteiger partial charge < -0.3 is 9.47 Å². The number of rotatable bonds is 27. The molecule has 0 N–H and O–H groups in total. The van der Waals surface area contributed by atoms with E-state index in [2.05, 4.69) is 13.8 Å². The third-order valence-corrected chi connectivity index (χ3v) is 9.63. The van der Waals surface area contributed by atoms with Crippen molar-refractivity contribution in [1.29, 1.82) is 0 Å². The van der Waals surface area contributed by atoms with Crippen LogP contribution in [0.3, 0.4) is 0 Å².